The lowest BCUT2D eigenvalue weighted by molar-refractivity contribution is -0.136. The van der Waals surface area contributed by atoms with Crippen molar-refractivity contribution in [1.82, 2.24) is 35.0 Å². The standard InChI is InChI=1S/C45H51ClN10O7/c1-26(2)55-32-8-7-29(21-28(32)22-35(42(55)61)63-25-37(58)47-3)49-39-31(46)23-48-44(51-39)53-16-11-27(12-17-53)24-52-18-13-45(14-19-52)15-20-54(45)33-6-4-5-30-38(33)43(62)56(41(30)60)34-9-10-36(57)50-40(34)59/h4-8,21-23,26-27,34H,9-20,24-25H2,1-3H3,(H,47,58)(H,48,49,51)(H,50,57,59). The molecule has 0 saturated carbocycles. The van der Waals surface area contributed by atoms with Gasteiger partial charge in [0.1, 0.15) is 11.1 Å². The number of rotatable bonds is 11. The van der Waals surface area contributed by atoms with Gasteiger partial charge in [0, 0.05) is 75.4 Å². The summed E-state index contributed by atoms with van der Waals surface area (Å²) in [5.41, 5.74) is 2.47. The Balaban J connectivity index is 0.807. The Morgan fingerprint density at radius 1 is 0.968 bits per heavy atom. The number of amides is 5. The van der Waals surface area contributed by atoms with E-state index >= 15 is 0 Å². The number of nitrogens with one attached hydrogen (secondary N) is 3. The molecule has 4 fully saturated rings. The van der Waals surface area contributed by atoms with E-state index in [-0.39, 0.29) is 48.2 Å². The molecule has 5 amide bonds. The van der Waals surface area contributed by atoms with Crippen LogP contribution in [-0.4, -0.2) is 118 Å². The van der Waals surface area contributed by atoms with Crippen molar-refractivity contribution in [2.75, 3.05) is 68.0 Å². The molecule has 330 valence electrons. The zero-order valence-corrected chi connectivity index (χ0v) is 36.4. The number of carbonyl (C=O) groups excluding carboxylic acids is 5. The number of ether oxygens (including phenoxy) is 1. The number of halogens is 1. The van der Waals surface area contributed by atoms with E-state index in [1.54, 1.807) is 22.9 Å². The summed E-state index contributed by atoms with van der Waals surface area (Å²) in [7, 11) is 1.51. The second-order valence-corrected chi connectivity index (χ2v) is 17.9. The first kappa shape index (κ1) is 42.2. The van der Waals surface area contributed by atoms with Crippen molar-refractivity contribution in [3.63, 3.8) is 0 Å². The fourth-order valence-corrected chi connectivity index (χ4v) is 10.1. The summed E-state index contributed by atoms with van der Waals surface area (Å²) < 4.78 is 7.27. The van der Waals surface area contributed by atoms with E-state index in [0.29, 0.717) is 39.5 Å². The third-order valence-electron chi connectivity index (χ3n) is 13.5. The molecule has 4 saturated heterocycles. The van der Waals surface area contributed by atoms with Crippen LogP contribution in [0, 0.1) is 5.92 Å². The number of hydrogen-bond donors (Lipinski definition) is 3. The smallest absolute Gasteiger partial charge is 0.293 e. The first-order valence-electron chi connectivity index (χ1n) is 21.8. The largest absolute Gasteiger partial charge is 0.478 e. The van der Waals surface area contributed by atoms with Crippen LogP contribution in [0.4, 0.5) is 23.1 Å². The van der Waals surface area contributed by atoms with Crippen LogP contribution in [-0.2, 0) is 14.4 Å². The van der Waals surface area contributed by atoms with Crippen LogP contribution in [0.15, 0.2) is 53.5 Å². The van der Waals surface area contributed by atoms with Crippen LogP contribution in [0.1, 0.15) is 85.6 Å². The van der Waals surface area contributed by atoms with E-state index in [9.17, 15) is 28.8 Å². The predicted octanol–water partition coefficient (Wildman–Crippen LogP) is 4.26. The topological polar surface area (TPSA) is 191 Å². The molecule has 1 atom stereocenters. The Labute approximate surface area is 369 Å². The maximum absolute atomic E-state index is 13.8. The van der Waals surface area contributed by atoms with Crippen LogP contribution < -0.4 is 36.0 Å². The quantitative estimate of drug-likeness (QED) is 0.182. The average Bonchev–Trinajstić information content (AvgIpc) is 3.52. The molecule has 7 heterocycles. The second kappa shape index (κ2) is 16.9. The molecular formula is C45H51ClN10O7. The molecule has 18 heteroatoms. The summed E-state index contributed by atoms with van der Waals surface area (Å²) in [5.74, 6) is -0.618. The number of likely N-dealkylation sites (N-methyl/N-ethyl adjacent to an activating group) is 1. The number of aromatic nitrogens is 3. The van der Waals surface area contributed by atoms with Crippen molar-refractivity contribution in [2.24, 2.45) is 5.92 Å². The van der Waals surface area contributed by atoms with E-state index in [0.717, 1.165) is 92.9 Å². The maximum atomic E-state index is 13.8. The van der Waals surface area contributed by atoms with Gasteiger partial charge in [0.25, 0.3) is 23.3 Å². The number of nitrogens with zero attached hydrogens (tertiary/aromatic N) is 7. The lowest BCUT2D eigenvalue weighted by Crippen LogP contribution is -2.65. The van der Waals surface area contributed by atoms with Gasteiger partial charge in [-0.1, -0.05) is 17.7 Å². The molecule has 4 aromatic rings. The number of fused-ring (bicyclic) bond motifs is 2. The van der Waals surface area contributed by atoms with E-state index < -0.39 is 29.7 Å². The monoisotopic (exact) mass is 878 g/mol. The highest BCUT2D eigenvalue weighted by molar-refractivity contribution is 6.33. The molecule has 0 bridgehead atoms. The average molecular weight is 879 g/mol. The van der Waals surface area contributed by atoms with Crippen molar-refractivity contribution in [2.45, 2.75) is 76.4 Å². The summed E-state index contributed by atoms with van der Waals surface area (Å²) in [6.07, 6.45) is 6.71. The van der Waals surface area contributed by atoms with Crippen molar-refractivity contribution in [3.05, 3.63) is 75.2 Å². The van der Waals surface area contributed by atoms with E-state index in [2.05, 4.69) is 35.6 Å². The Morgan fingerprint density at radius 2 is 1.73 bits per heavy atom. The highest BCUT2D eigenvalue weighted by atomic mass is 35.5. The minimum atomic E-state index is -0.993. The van der Waals surface area contributed by atoms with Crippen molar-refractivity contribution in [3.8, 4) is 5.75 Å². The fraction of sp³-hybridized carbons (Fsp3) is 0.467. The summed E-state index contributed by atoms with van der Waals surface area (Å²) >= 11 is 6.62. The molecule has 1 spiro atoms. The SMILES string of the molecule is CNC(=O)COc1cc2cc(Nc3nc(N4CCC(CN5CCC6(CC5)CCN6c5cccc6c5C(=O)N(C5CCC(=O)NC5=O)C6=O)CC4)ncc3Cl)ccc2n(C(C)C)c1=O. The number of imide groups is 2. The number of carbonyl (C=O) groups is 5. The summed E-state index contributed by atoms with van der Waals surface area (Å²) in [6.45, 7) is 8.84. The van der Waals surface area contributed by atoms with Crippen LogP contribution in [0.3, 0.4) is 0 Å². The van der Waals surface area contributed by atoms with Gasteiger partial charge in [0.15, 0.2) is 18.2 Å². The lowest BCUT2D eigenvalue weighted by Gasteiger charge is -2.58. The second-order valence-electron chi connectivity index (χ2n) is 17.5. The van der Waals surface area contributed by atoms with Gasteiger partial charge in [0.2, 0.25) is 17.8 Å². The molecule has 5 aliphatic heterocycles. The van der Waals surface area contributed by atoms with Gasteiger partial charge in [-0.3, -0.25) is 39.0 Å². The zero-order valence-electron chi connectivity index (χ0n) is 35.6. The zero-order chi connectivity index (χ0) is 44.2. The van der Waals surface area contributed by atoms with Crippen molar-refractivity contribution < 1.29 is 28.7 Å². The highest BCUT2D eigenvalue weighted by Gasteiger charge is 2.51. The Hall–Kier alpha value is -6.07. The Bertz CT molecular complexity index is 2580. The third-order valence-corrected chi connectivity index (χ3v) is 13.7. The minimum Gasteiger partial charge on any atom is -0.478 e. The number of anilines is 4. The van der Waals surface area contributed by atoms with E-state index in [4.69, 9.17) is 21.3 Å². The normalized spacial score (nSPS) is 20.3. The van der Waals surface area contributed by atoms with Gasteiger partial charge in [0.05, 0.1) is 28.5 Å². The van der Waals surface area contributed by atoms with E-state index in [1.165, 1.54) is 7.05 Å². The number of benzene rings is 2. The molecule has 9 rings (SSSR count). The van der Waals surface area contributed by atoms with E-state index in [1.807, 2.05) is 44.2 Å². The molecular weight excluding hydrogens is 828 g/mol. The summed E-state index contributed by atoms with van der Waals surface area (Å²) in [4.78, 5) is 94.4. The molecule has 2 aromatic carbocycles. The lowest BCUT2D eigenvalue weighted by atomic mass is 9.75. The van der Waals surface area contributed by atoms with Crippen LogP contribution in [0.25, 0.3) is 10.9 Å². The minimum absolute atomic E-state index is 0.0836. The Kier molecular flexibility index (Phi) is 11.3. The van der Waals surface area contributed by atoms with Gasteiger partial charge < -0.3 is 34.6 Å². The Morgan fingerprint density at radius 3 is 2.43 bits per heavy atom. The van der Waals surface area contributed by atoms with Crippen molar-refractivity contribution in [1.29, 1.82) is 0 Å². The van der Waals surface area contributed by atoms with Gasteiger partial charge >= 0.3 is 0 Å². The molecule has 63 heavy (non-hydrogen) atoms. The van der Waals surface area contributed by atoms with Crippen LogP contribution >= 0.6 is 11.6 Å². The highest BCUT2D eigenvalue weighted by Crippen LogP contribution is 2.46. The van der Waals surface area contributed by atoms with Gasteiger partial charge in [-0.15, -0.1) is 0 Å². The van der Waals surface area contributed by atoms with Gasteiger partial charge in [-0.25, -0.2) is 4.98 Å². The van der Waals surface area contributed by atoms with Gasteiger partial charge in [-0.05, 0) is 94.7 Å². The van der Waals surface area contributed by atoms with Crippen LogP contribution in [0.5, 0.6) is 5.75 Å². The molecule has 5 aliphatic rings. The molecule has 3 N–H and O–H groups in total. The number of pyridine rings is 1. The molecule has 1 unspecified atom stereocenters. The molecule has 17 nitrogen and oxygen atoms in total. The fourth-order valence-electron chi connectivity index (χ4n) is 9.95. The molecule has 0 radical (unpaired) electrons. The summed E-state index contributed by atoms with van der Waals surface area (Å²) in [5, 5.41) is 9.24. The maximum Gasteiger partial charge on any atom is 0.293 e. The third kappa shape index (κ3) is 7.85. The van der Waals surface area contributed by atoms with Gasteiger partial charge in [-0.2, -0.15) is 4.98 Å². The molecule has 0 aliphatic carbocycles. The van der Waals surface area contributed by atoms with Crippen LogP contribution in [0.2, 0.25) is 5.02 Å². The predicted molar refractivity (Wildman–Crippen MR) is 237 cm³/mol. The summed E-state index contributed by atoms with van der Waals surface area (Å²) in [6, 6.07) is 11.5. The number of piperidine rings is 3. The van der Waals surface area contributed by atoms with Crippen molar-refractivity contribution >= 4 is 75.2 Å². The number of hydrogen-bond acceptors (Lipinski definition) is 13. The first-order valence-corrected chi connectivity index (χ1v) is 22.1. The first-order chi connectivity index (χ1) is 30.3. The number of likely N-dealkylation sites (tertiary alicyclic amines) is 1. The molecule has 2 aromatic heterocycles.